The van der Waals surface area contributed by atoms with Gasteiger partial charge in [0, 0.05) is 29.2 Å². The highest BCUT2D eigenvalue weighted by atomic mass is 16.5. The Bertz CT molecular complexity index is 1820. The molecule has 4 aromatic heterocycles. The number of nitrogens with one attached hydrogen (secondary N) is 1. The van der Waals surface area contributed by atoms with Crippen LogP contribution in [0.25, 0.3) is 28.3 Å². The third-order valence-corrected chi connectivity index (χ3v) is 5.94. The summed E-state index contributed by atoms with van der Waals surface area (Å²) in [5.74, 6) is -0.362. The van der Waals surface area contributed by atoms with Gasteiger partial charge in [0.25, 0.3) is 5.91 Å². The number of tetrazole rings is 1. The number of esters is 1. The van der Waals surface area contributed by atoms with E-state index in [0.717, 1.165) is 11.1 Å². The molecule has 0 fully saturated rings. The normalized spacial score (nSPS) is 11.0. The first-order valence-electron chi connectivity index (χ1n) is 12.4. The van der Waals surface area contributed by atoms with E-state index in [4.69, 9.17) is 4.74 Å². The number of aromatic nitrogens is 9. The predicted molar refractivity (Wildman–Crippen MR) is 143 cm³/mol. The summed E-state index contributed by atoms with van der Waals surface area (Å²) in [5, 5.41) is 24.1. The van der Waals surface area contributed by atoms with Crippen molar-refractivity contribution in [2.75, 3.05) is 11.9 Å². The smallest absolute Gasteiger partial charge is 0.343 e. The van der Waals surface area contributed by atoms with Crippen molar-refractivity contribution < 1.29 is 14.3 Å². The van der Waals surface area contributed by atoms with Crippen LogP contribution in [-0.2, 0) is 11.4 Å². The van der Waals surface area contributed by atoms with Crippen LogP contribution in [-0.4, -0.2) is 63.1 Å². The fourth-order valence-electron chi connectivity index (χ4n) is 4.11. The van der Waals surface area contributed by atoms with Crippen molar-refractivity contribution in [2.24, 2.45) is 0 Å². The minimum absolute atomic E-state index is 0.193. The number of hydrogen-bond donors (Lipinski definition) is 1. The van der Waals surface area contributed by atoms with Crippen LogP contribution in [0.3, 0.4) is 0 Å². The van der Waals surface area contributed by atoms with Crippen LogP contribution < -0.4 is 5.32 Å². The van der Waals surface area contributed by atoms with Crippen molar-refractivity contribution in [1.82, 2.24) is 44.6 Å². The number of benzene rings is 2. The van der Waals surface area contributed by atoms with Gasteiger partial charge >= 0.3 is 5.97 Å². The SMILES string of the molecule is CCOC(=O)c1cnn2c(-c3cccc(NC(=O)c4ccn(Cn5nnc(-c6ccccc6)n5)n4)c3)ccnc12. The molecule has 0 saturated carbocycles. The van der Waals surface area contributed by atoms with E-state index in [-0.39, 0.29) is 30.4 Å². The number of amides is 1. The third kappa shape index (κ3) is 4.90. The van der Waals surface area contributed by atoms with Gasteiger partial charge in [0.2, 0.25) is 5.82 Å². The lowest BCUT2D eigenvalue weighted by Gasteiger charge is -2.08. The molecular weight excluding hydrogens is 512 g/mol. The summed E-state index contributed by atoms with van der Waals surface area (Å²) in [5.41, 5.74) is 3.76. The molecule has 0 radical (unpaired) electrons. The number of hydrogen-bond acceptors (Lipinski definition) is 9. The molecule has 13 nitrogen and oxygen atoms in total. The van der Waals surface area contributed by atoms with Gasteiger partial charge in [-0.25, -0.2) is 19.0 Å². The summed E-state index contributed by atoms with van der Waals surface area (Å²) >= 11 is 0. The lowest BCUT2D eigenvalue weighted by atomic mass is 10.1. The number of carbonyl (C=O) groups excluding carboxylic acids is 2. The minimum Gasteiger partial charge on any atom is -0.462 e. The van der Waals surface area contributed by atoms with Gasteiger partial charge in [-0.2, -0.15) is 10.2 Å². The molecule has 0 aliphatic carbocycles. The average Bonchev–Trinajstić information content (AvgIpc) is 3.74. The van der Waals surface area contributed by atoms with Crippen molar-refractivity contribution in [3.63, 3.8) is 0 Å². The molecule has 4 heterocycles. The topological polar surface area (TPSA) is 147 Å². The lowest BCUT2D eigenvalue weighted by molar-refractivity contribution is 0.0528. The summed E-state index contributed by atoms with van der Waals surface area (Å²) in [6.45, 7) is 2.18. The van der Waals surface area contributed by atoms with Crippen LogP contribution in [0.4, 0.5) is 5.69 Å². The van der Waals surface area contributed by atoms with Crippen molar-refractivity contribution >= 4 is 23.2 Å². The zero-order valence-corrected chi connectivity index (χ0v) is 21.2. The Labute approximate surface area is 227 Å². The fourth-order valence-corrected chi connectivity index (χ4v) is 4.11. The maximum Gasteiger partial charge on any atom is 0.343 e. The quantitative estimate of drug-likeness (QED) is 0.291. The largest absolute Gasteiger partial charge is 0.462 e. The first-order chi connectivity index (χ1) is 19.6. The van der Waals surface area contributed by atoms with E-state index in [9.17, 15) is 9.59 Å². The van der Waals surface area contributed by atoms with Crippen LogP contribution in [0.15, 0.2) is 85.3 Å². The molecule has 1 amide bonds. The molecule has 2 aromatic carbocycles. The molecule has 0 saturated heterocycles. The minimum atomic E-state index is -0.487. The van der Waals surface area contributed by atoms with Crippen molar-refractivity contribution in [3.8, 4) is 22.6 Å². The highest BCUT2D eigenvalue weighted by Gasteiger charge is 2.18. The Morgan fingerprint density at radius 2 is 1.82 bits per heavy atom. The number of nitrogens with zero attached hydrogens (tertiary/aromatic N) is 9. The Morgan fingerprint density at radius 1 is 0.975 bits per heavy atom. The number of rotatable bonds is 8. The molecule has 0 spiro atoms. The van der Waals surface area contributed by atoms with E-state index in [1.165, 1.54) is 11.0 Å². The molecule has 0 aliphatic heterocycles. The second-order valence-electron chi connectivity index (χ2n) is 8.61. The van der Waals surface area contributed by atoms with Crippen LogP contribution in [0, 0.1) is 0 Å². The van der Waals surface area contributed by atoms with E-state index in [0.29, 0.717) is 22.9 Å². The predicted octanol–water partition coefficient (Wildman–Crippen LogP) is 3.18. The Hall–Kier alpha value is -5.72. The van der Waals surface area contributed by atoms with E-state index in [1.807, 2.05) is 42.5 Å². The van der Waals surface area contributed by atoms with Crippen LogP contribution in [0.1, 0.15) is 27.8 Å². The monoisotopic (exact) mass is 534 g/mol. The molecule has 0 unspecified atom stereocenters. The maximum atomic E-state index is 13.0. The van der Waals surface area contributed by atoms with E-state index >= 15 is 0 Å². The number of fused-ring (bicyclic) bond motifs is 1. The Morgan fingerprint density at radius 3 is 2.67 bits per heavy atom. The lowest BCUT2D eigenvalue weighted by Crippen LogP contribution is -2.15. The Balaban J connectivity index is 1.17. The first kappa shape index (κ1) is 24.6. The molecule has 0 atom stereocenters. The second-order valence-corrected chi connectivity index (χ2v) is 8.61. The van der Waals surface area contributed by atoms with Gasteiger partial charge in [-0.3, -0.25) is 4.79 Å². The maximum absolute atomic E-state index is 13.0. The zero-order chi connectivity index (χ0) is 27.5. The summed E-state index contributed by atoms with van der Waals surface area (Å²) < 4.78 is 8.22. The standard InChI is InChI=1S/C27H22N10O3/c1-2-40-27(39)21-16-29-37-23(11-13-28-25(21)37)19-9-6-10-20(15-19)30-26(38)22-12-14-35(32-22)17-36-33-24(31-34-36)18-7-4-3-5-8-18/h3-16H,2,17H2,1H3,(H,30,38). The average molecular weight is 535 g/mol. The van der Waals surface area contributed by atoms with Gasteiger partial charge in [-0.05, 0) is 36.4 Å². The molecule has 198 valence electrons. The summed E-state index contributed by atoms with van der Waals surface area (Å²) in [4.78, 5) is 30.9. The highest BCUT2D eigenvalue weighted by Crippen LogP contribution is 2.24. The van der Waals surface area contributed by atoms with Crippen LogP contribution in [0.2, 0.25) is 0 Å². The summed E-state index contributed by atoms with van der Waals surface area (Å²) in [6.07, 6.45) is 4.70. The second kappa shape index (κ2) is 10.6. The van der Waals surface area contributed by atoms with Crippen molar-refractivity contribution in [2.45, 2.75) is 13.6 Å². The molecular formula is C27H22N10O3. The zero-order valence-electron chi connectivity index (χ0n) is 21.2. The van der Waals surface area contributed by atoms with Gasteiger partial charge < -0.3 is 10.1 Å². The first-order valence-corrected chi connectivity index (χ1v) is 12.4. The third-order valence-electron chi connectivity index (χ3n) is 5.94. The van der Waals surface area contributed by atoms with E-state index < -0.39 is 5.97 Å². The van der Waals surface area contributed by atoms with E-state index in [1.54, 1.807) is 52.8 Å². The molecule has 13 heteroatoms. The van der Waals surface area contributed by atoms with Crippen molar-refractivity contribution in [1.29, 1.82) is 0 Å². The molecule has 1 N–H and O–H groups in total. The van der Waals surface area contributed by atoms with Crippen LogP contribution >= 0.6 is 0 Å². The van der Waals surface area contributed by atoms with Crippen molar-refractivity contribution in [3.05, 3.63) is 96.6 Å². The number of ether oxygens (including phenoxy) is 1. The molecule has 6 aromatic rings. The number of anilines is 1. The van der Waals surface area contributed by atoms with Gasteiger partial charge in [0.05, 0.1) is 18.5 Å². The van der Waals surface area contributed by atoms with Crippen LogP contribution in [0.5, 0.6) is 0 Å². The summed E-state index contributed by atoms with van der Waals surface area (Å²) in [7, 11) is 0. The Kier molecular flexibility index (Phi) is 6.50. The van der Waals surface area contributed by atoms with E-state index in [2.05, 4.69) is 35.9 Å². The molecule has 0 bridgehead atoms. The highest BCUT2D eigenvalue weighted by molar-refractivity contribution is 6.03. The van der Waals surface area contributed by atoms with Gasteiger partial charge in [-0.15, -0.1) is 15.0 Å². The number of carbonyl (C=O) groups is 2. The van der Waals surface area contributed by atoms with Gasteiger partial charge in [0.1, 0.15) is 5.56 Å². The summed E-state index contributed by atoms with van der Waals surface area (Å²) in [6, 6.07) is 20.2. The van der Waals surface area contributed by atoms with Gasteiger partial charge in [0.15, 0.2) is 18.0 Å². The van der Waals surface area contributed by atoms with Gasteiger partial charge in [-0.1, -0.05) is 42.5 Å². The molecule has 0 aliphatic rings. The molecule has 6 rings (SSSR count). The fraction of sp³-hybridized carbons (Fsp3) is 0.111. The molecule has 40 heavy (non-hydrogen) atoms.